The van der Waals surface area contributed by atoms with Gasteiger partial charge in [0.1, 0.15) is 11.0 Å². The molecule has 0 radical (unpaired) electrons. The summed E-state index contributed by atoms with van der Waals surface area (Å²) in [6.07, 6.45) is 0. The first-order chi connectivity index (χ1) is 16.0. The van der Waals surface area contributed by atoms with Crippen molar-refractivity contribution in [2.75, 3.05) is 11.1 Å². The molecule has 2 heterocycles. The van der Waals surface area contributed by atoms with Crippen LogP contribution < -0.4 is 10.9 Å². The number of benzene rings is 3. The highest BCUT2D eigenvalue weighted by Gasteiger charge is 2.18. The molecule has 5 aromatic rings. The van der Waals surface area contributed by atoms with Crippen LogP contribution in [-0.2, 0) is 4.79 Å². The third-order valence-corrected chi connectivity index (χ3v) is 6.44. The molecule has 2 aromatic heterocycles. The molecule has 3 aromatic carbocycles. The standard InChI is InChI=1S/C26H22N4O2S/c1-16-12-13-20(17(2)14-16)27-22(31)15-33-26-29-23-19-10-6-7-11-21(19)28-24(23)25(32)30(26)18-8-4-3-5-9-18/h3-14,28H,15H2,1-2H3,(H,27,31). The normalized spacial score (nSPS) is 11.2. The van der Waals surface area contributed by atoms with Crippen molar-refractivity contribution in [2.24, 2.45) is 0 Å². The van der Waals surface area contributed by atoms with E-state index in [1.165, 1.54) is 11.8 Å². The van der Waals surface area contributed by atoms with Crippen molar-refractivity contribution in [2.45, 2.75) is 19.0 Å². The average molecular weight is 455 g/mol. The van der Waals surface area contributed by atoms with Crippen molar-refractivity contribution in [1.29, 1.82) is 0 Å². The third-order valence-electron chi connectivity index (χ3n) is 5.50. The number of anilines is 1. The molecule has 0 aliphatic heterocycles. The van der Waals surface area contributed by atoms with E-state index in [1.54, 1.807) is 4.57 Å². The molecule has 5 rings (SSSR count). The summed E-state index contributed by atoms with van der Waals surface area (Å²) >= 11 is 1.25. The van der Waals surface area contributed by atoms with Crippen LogP contribution in [0.2, 0.25) is 0 Å². The minimum atomic E-state index is -0.195. The van der Waals surface area contributed by atoms with Gasteiger partial charge in [0.15, 0.2) is 5.16 Å². The van der Waals surface area contributed by atoms with Gasteiger partial charge in [0.05, 0.1) is 11.4 Å². The molecule has 7 heteroatoms. The predicted octanol–water partition coefficient (Wildman–Crippen LogP) is 5.21. The van der Waals surface area contributed by atoms with Crippen molar-refractivity contribution in [3.8, 4) is 5.69 Å². The van der Waals surface area contributed by atoms with E-state index in [0.29, 0.717) is 21.9 Å². The maximum atomic E-state index is 13.5. The summed E-state index contributed by atoms with van der Waals surface area (Å²) < 4.78 is 1.56. The van der Waals surface area contributed by atoms with Crippen LogP contribution >= 0.6 is 11.8 Å². The maximum absolute atomic E-state index is 13.5. The summed E-state index contributed by atoms with van der Waals surface area (Å²) in [5, 5.41) is 4.31. The van der Waals surface area contributed by atoms with Crippen molar-refractivity contribution in [3.05, 3.63) is 94.3 Å². The van der Waals surface area contributed by atoms with Gasteiger partial charge in [-0.15, -0.1) is 0 Å². The Labute approximate surface area is 194 Å². The van der Waals surface area contributed by atoms with Gasteiger partial charge in [0, 0.05) is 16.6 Å². The van der Waals surface area contributed by atoms with E-state index in [1.807, 2.05) is 86.6 Å². The largest absolute Gasteiger partial charge is 0.349 e. The lowest BCUT2D eigenvalue weighted by molar-refractivity contribution is -0.113. The van der Waals surface area contributed by atoms with Crippen LogP contribution in [0.15, 0.2) is 82.7 Å². The molecule has 164 valence electrons. The van der Waals surface area contributed by atoms with Gasteiger partial charge in [-0.1, -0.05) is 65.9 Å². The Morgan fingerprint density at radius 2 is 1.79 bits per heavy atom. The molecule has 0 fully saturated rings. The number of carbonyl (C=O) groups excluding carboxylic acids is 1. The number of aromatic nitrogens is 3. The number of rotatable bonds is 5. The van der Waals surface area contributed by atoms with Crippen LogP contribution in [0.5, 0.6) is 0 Å². The van der Waals surface area contributed by atoms with Crippen LogP contribution in [0, 0.1) is 13.8 Å². The first kappa shape index (κ1) is 21.0. The Morgan fingerprint density at radius 1 is 1.03 bits per heavy atom. The second-order valence-electron chi connectivity index (χ2n) is 7.92. The lowest BCUT2D eigenvalue weighted by Crippen LogP contribution is -2.23. The number of hydrogen-bond donors (Lipinski definition) is 2. The van der Waals surface area contributed by atoms with Crippen molar-refractivity contribution >= 4 is 45.3 Å². The predicted molar refractivity (Wildman–Crippen MR) is 134 cm³/mol. The monoisotopic (exact) mass is 454 g/mol. The molecule has 2 N–H and O–H groups in total. The summed E-state index contributed by atoms with van der Waals surface area (Å²) in [6.45, 7) is 3.99. The number of amides is 1. The Bertz CT molecular complexity index is 1550. The number of thioether (sulfide) groups is 1. The fraction of sp³-hybridized carbons (Fsp3) is 0.115. The summed E-state index contributed by atoms with van der Waals surface area (Å²) in [5.74, 6) is -0.0275. The summed E-state index contributed by atoms with van der Waals surface area (Å²) in [7, 11) is 0. The molecule has 0 saturated carbocycles. The van der Waals surface area contributed by atoms with Crippen LogP contribution in [0.4, 0.5) is 5.69 Å². The van der Waals surface area contributed by atoms with Gasteiger partial charge < -0.3 is 10.3 Å². The number of H-pyrrole nitrogens is 1. The van der Waals surface area contributed by atoms with Gasteiger partial charge in [0.25, 0.3) is 5.56 Å². The number of nitrogens with zero attached hydrogens (tertiary/aromatic N) is 2. The summed E-state index contributed by atoms with van der Waals surface area (Å²) in [4.78, 5) is 34.3. The zero-order valence-corrected chi connectivity index (χ0v) is 19.1. The highest BCUT2D eigenvalue weighted by atomic mass is 32.2. The first-order valence-corrected chi connectivity index (χ1v) is 11.6. The van der Waals surface area contributed by atoms with E-state index in [-0.39, 0.29) is 17.2 Å². The van der Waals surface area contributed by atoms with Gasteiger partial charge >= 0.3 is 0 Å². The van der Waals surface area contributed by atoms with E-state index >= 15 is 0 Å². The highest BCUT2D eigenvalue weighted by Crippen LogP contribution is 2.26. The summed E-state index contributed by atoms with van der Waals surface area (Å²) in [6, 6.07) is 23.0. The van der Waals surface area contributed by atoms with Crippen LogP contribution in [0.3, 0.4) is 0 Å². The van der Waals surface area contributed by atoms with E-state index in [0.717, 1.165) is 27.7 Å². The van der Waals surface area contributed by atoms with E-state index < -0.39 is 0 Å². The number of aromatic amines is 1. The van der Waals surface area contributed by atoms with Crippen molar-refractivity contribution < 1.29 is 4.79 Å². The molecule has 33 heavy (non-hydrogen) atoms. The average Bonchev–Trinajstić information content (AvgIpc) is 3.19. The molecule has 0 bridgehead atoms. The zero-order chi connectivity index (χ0) is 22.9. The lowest BCUT2D eigenvalue weighted by atomic mass is 10.1. The van der Waals surface area contributed by atoms with Crippen molar-refractivity contribution in [3.63, 3.8) is 0 Å². The number of para-hydroxylation sites is 2. The Morgan fingerprint density at radius 3 is 2.58 bits per heavy atom. The minimum absolute atomic E-state index is 0.125. The molecule has 0 atom stereocenters. The molecule has 0 aliphatic carbocycles. The van der Waals surface area contributed by atoms with Crippen molar-refractivity contribution in [1.82, 2.24) is 14.5 Å². The molecular formula is C26H22N4O2S. The Hall–Kier alpha value is -3.84. The third kappa shape index (κ3) is 4.03. The smallest absolute Gasteiger partial charge is 0.283 e. The SMILES string of the molecule is Cc1ccc(NC(=O)CSc2nc3c([nH]c4ccccc43)c(=O)n2-c2ccccc2)c(C)c1. The van der Waals surface area contributed by atoms with Crippen LogP contribution in [0.25, 0.3) is 27.6 Å². The maximum Gasteiger partial charge on any atom is 0.283 e. The number of aryl methyl sites for hydroxylation is 2. The molecule has 0 saturated heterocycles. The van der Waals surface area contributed by atoms with Crippen LogP contribution in [-0.4, -0.2) is 26.2 Å². The van der Waals surface area contributed by atoms with Gasteiger partial charge in [-0.05, 0) is 43.7 Å². The van der Waals surface area contributed by atoms with Gasteiger partial charge in [-0.25, -0.2) is 4.98 Å². The van der Waals surface area contributed by atoms with Gasteiger partial charge in [-0.2, -0.15) is 0 Å². The zero-order valence-electron chi connectivity index (χ0n) is 18.3. The molecule has 0 aliphatic rings. The molecule has 1 amide bonds. The van der Waals surface area contributed by atoms with Gasteiger partial charge in [-0.3, -0.25) is 14.2 Å². The number of fused-ring (bicyclic) bond motifs is 3. The van der Waals surface area contributed by atoms with E-state index in [4.69, 9.17) is 4.98 Å². The molecule has 0 spiro atoms. The number of carbonyl (C=O) groups is 1. The molecule has 0 unspecified atom stereocenters. The second-order valence-corrected chi connectivity index (χ2v) is 8.86. The first-order valence-electron chi connectivity index (χ1n) is 10.6. The van der Waals surface area contributed by atoms with E-state index in [2.05, 4.69) is 10.3 Å². The fourth-order valence-electron chi connectivity index (χ4n) is 3.91. The topological polar surface area (TPSA) is 79.8 Å². The van der Waals surface area contributed by atoms with Crippen LogP contribution in [0.1, 0.15) is 11.1 Å². The Balaban J connectivity index is 1.54. The Kier molecular flexibility index (Phi) is 5.48. The number of nitrogens with one attached hydrogen (secondary N) is 2. The lowest BCUT2D eigenvalue weighted by Gasteiger charge is -2.13. The number of hydrogen-bond acceptors (Lipinski definition) is 4. The van der Waals surface area contributed by atoms with Gasteiger partial charge in [0.2, 0.25) is 5.91 Å². The highest BCUT2D eigenvalue weighted by molar-refractivity contribution is 7.99. The molecule has 6 nitrogen and oxygen atoms in total. The minimum Gasteiger partial charge on any atom is -0.349 e. The summed E-state index contributed by atoms with van der Waals surface area (Å²) in [5.41, 5.74) is 5.35. The fourth-order valence-corrected chi connectivity index (χ4v) is 4.72. The second kappa shape index (κ2) is 8.60. The molecular weight excluding hydrogens is 432 g/mol. The van der Waals surface area contributed by atoms with E-state index in [9.17, 15) is 9.59 Å². The quantitative estimate of drug-likeness (QED) is 0.282.